The van der Waals surface area contributed by atoms with E-state index in [1.807, 2.05) is 20.8 Å². The first kappa shape index (κ1) is 8.84. The first-order valence-electron chi connectivity index (χ1n) is 3.87. The van der Waals surface area contributed by atoms with Crippen LogP contribution in [0.15, 0.2) is 12.1 Å². The molecule has 0 saturated heterocycles. The molecule has 0 saturated carbocycles. The highest BCUT2D eigenvalue weighted by Gasteiger charge is 2.15. The smallest absolute Gasteiger partial charge is 0.166 e. The summed E-state index contributed by atoms with van der Waals surface area (Å²) in [5, 5.41) is 9.12. The summed E-state index contributed by atoms with van der Waals surface area (Å²) >= 11 is 0. The molecule has 3 nitrogen and oxygen atoms in total. The van der Waals surface area contributed by atoms with Gasteiger partial charge in [-0.15, -0.1) is 0 Å². The van der Waals surface area contributed by atoms with Gasteiger partial charge in [0.25, 0.3) is 0 Å². The summed E-state index contributed by atoms with van der Waals surface area (Å²) in [5.41, 5.74) is 6.32. The number of nitrogens with two attached hydrogens (primary N) is 1. The molecule has 3 N–H and O–H groups in total. The Morgan fingerprint density at radius 1 is 1.33 bits per heavy atom. The number of nitrogen functional groups attached to an aromatic ring is 1. The molecule has 12 heavy (non-hydrogen) atoms. The molecule has 0 aliphatic carbocycles. The third-order valence-corrected chi connectivity index (χ3v) is 1.67. The molecule has 0 unspecified atom stereocenters. The molecule has 0 amide bonds. The normalized spacial score (nSPS) is 11.6. The van der Waals surface area contributed by atoms with Crippen LogP contribution in [0.4, 0.5) is 5.82 Å². The largest absolute Gasteiger partial charge is 0.504 e. The lowest BCUT2D eigenvalue weighted by atomic mass is 9.92. The fourth-order valence-corrected chi connectivity index (χ4v) is 0.885. The molecule has 1 aromatic heterocycles. The lowest BCUT2D eigenvalue weighted by Crippen LogP contribution is -2.14. The van der Waals surface area contributed by atoms with E-state index in [0.29, 0.717) is 0 Å². The SMILES string of the molecule is CC(C)(C)c1ccc(O)c(N)n1. The van der Waals surface area contributed by atoms with E-state index in [1.165, 1.54) is 0 Å². The molecule has 1 rings (SSSR count). The van der Waals surface area contributed by atoms with Crippen molar-refractivity contribution in [2.24, 2.45) is 0 Å². The van der Waals surface area contributed by atoms with Gasteiger partial charge in [-0.2, -0.15) is 0 Å². The second-order valence-electron chi connectivity index (χ2n) is 3.85. The lowest BCUT2D eigenvalue weighted by Gasteiger charge is -2.17. The van der Waals surface area contributed by atoms with Gasteiger partial charge in [0.1, 0.15) is 0 Å². The van der Waals surface area contributed by atoms with Crippen molar-refractivity contribution in [2.75, 3.05) is 5.73 Å². The molecular weight excluding hydrogens is 152 g/mol. The van der Waals surface area contributed by atoms with Crippen LogP contribution >= 0.6 is 0 Å². The quantitative estimate of drug-likeness (QED) is 0.616. The fraction of sp³-hybridized carbons (Fsp3) is 0.444. The van der Waals surface area contributed by atoms with E-state index in [1.54, 1.807) is 12.1 Å². The van der Waals surface area contributed by atoms with Gasteiger partial charge in [-0.25, -0.2) is 4.98 Å². The van der Waals surface area contributed by atoms with Gasteiger partial charge >= 0.3 is 0 Å². The molecule has 0 radical (unpaired) electrons. The van der Waals surface area contributed by atoms with Gasteiger partial charge < -0.3 is 10.8 Å². The average molecular weight is 166 g/mol. The molecule has 0 aliphatic rings. The van der Waals surface area contributed by atoms with Crippen LogP contribution in [-0.4, -0.2) is 10.1 Å². The van der Waals surface area contributed by atoms with Crippen LogP contribution < -0.4 is 5.73 Å². The summed E-state index contributed by atoms with van der Waals surface area (Å²) in [4.78, 5) is 4.07. The maximum Gasteiger partial charge on any atom is 0.166 e. The molecule has 0 atom stereocenters. The van der Waals surface area contributed by atoms with Crippen molar-refractivity contribution < 1.29 is 5.11 Å². The molecule has 66 valence electrons. The Bertz CT molecular complexity index is 289. The predicted octanol–water partition coefficient (Wildman–Crippen LogP) is 1.67. The summed E-state index contributed by atoms with van der Waals surface area (Å²) in [6, 6.07) is 3.36. The summed E-state index contributed by atoms with van der Waals surface area (Å²) < 4.78 is 0. The van der Waals surface area contributed by atoms with Crippen LogP contribution in [0.1, 0.15) is 26.5 Å². The molecule has 0 aliphatic heterocycles. The van der Waals surface area contributed by atoms with Gasteiger partial charge in [-0.05, 0) is 12.1 Å². The van der Waals surface area contributed by atoms with Crippen molar-refractivity contribution in [1.82, 2.24) is 4.98 Å². The minimum absolute atomic E-state index is 0.0260. The van der Waals surface area contributed by atoms with E-state index in [4.69, 9.17) is 10.8 Å². The second kappa shape index (κ2) is 2.66. The van der Waals surface area contributed by atoms with Gasteiger partial charge in [0.15, 0.2) is 11.6 Å². The van der Waals surface area contributed by atoms with E-state index in [0.717, 1.165) is 5.69 Å². The standard InChI is InChI=1S/C9H14N2O/c1-9(2,3)7-5-4-6(12)8(10)11-7/h4-5,12H,1-3H3,(H2,10,11). The average Bonchev–Trinajstić information content (AvgIpc) is 1.92. The number of hydrogen-bond donors (Lipinski definition) is 2. The van der Waals surface area contributed by atoms with Crippen molar-refractivity contribution in [3.63, 3.8) is 0 Å². The molecular formula is C9H14N2O. The predicted molar refractivity (Wildman–Crippen MR) is 49.0 cm³/mol. The Morgan fingerprint density at radius 2 is 1.92 bits per heavy atom. The van der Waals surface area contributed by atoms with Crippen LogP contribution in [0.25, 0.3) is 0 Å². The highest BCUT2D eigenvalue weighted by molar-refractivity contribution is 5.45. The van der Waals surface area contributed by atoms with Crippen molar-refractivity contribution in [3.05, 3.63) is 17.8 Å². The number of hydrogen-bond acceptors (Lipinski definition) is 3. The minimum Gasteiger partial charge on any atom is -0.504 e. The maximum absolute atomic E-state index is 9.12. The van der Waals surface area contributed by atoms with Gasteiger partial charge in [-0.1, -0.05) is 20.8 Å². The Kier molecular flexibility index (Phi) is 1.96. The Balaban J connectivity index is 3.14. The molecule has 3 heteroatoms. The van der Waals surface area contributed by atoms with E-state index >= 15 is 0 Å². The van der Waals surface area contributed by atoms with Crippen LogP contribution in [0.2, 0.25) is 0 Å². The zero-order chi connectivity index (χ0) is 9.35. The molecule has 0 spiro atoms. The highest BCUT2D eigenvalue weighted by Crippen LogP contribution is 2.24. The van der Waals surface area contributed by atoms with Crippen molar-refractivity contribution in [2.45, 2.75) is 26.2 Å². The topological polar surface area (TPSA) is 59.1 Å². The fourth-order valence-electron chi connectivity index (χ4n) is 0.885. The molecule has 0 aromatic carbocycles. The lowest BCUT2D eigenvalue weighted by molar-refractivity contribution is 0.473. The minimum atomic E-state index is -0.0260. The van der Waals surface area contributed by atoms with Crippen molar-refractivity contribution in [3.8, 4) is 5.75 Å². The number of aromatic nitrogens is 1. The summed E-state index contributed by atoms with van der Waals surface area (Å²) in [6.45, 7) is 6.14. The van der Waals surface area contributed by atoms with Gasteiger partial charge in [-0.3, -0.25) is 0 Å². The van der Waals surface area contributed by atoms with Crippen molar-refractivity contribution >= 4 is 5.82 Å². The zero-order valence-electron chi connectivity index (χ0n) is 7.63. The van der Waals surface area contributed by atoms with E-state index in [2.05, 4.69) is 4.98 Å². The van der Waals surface area contributed by atoms with Crippen LogP contribution in [0.5, 0.6) is 5.75 Å². The molecule has 1 aromatic rings. The van der Waals surface area contributed by atoms with Gasteiger partial charge in [0.2, 0.25) is 0 Å². The number of nitrogens with zero attached hydrogens (tertiary/aromatic N) is 1. The third-order valence-electron chi connectivity index (χ3n) is 1.67. The monoisotopic (exact) mass is 166 g/mol. The van der Waals surface area contributed by atoms with Crippen LogP contribution in [-0.2, 0) is 5.41 Å². The van der Waals surface area contributed by atoms with E-state index in [9.17, 15) is 0 Å². The first-order chi connectivity index (χ1) is 5.41. The maximum atomic E-state index is 9.12. The summed E-state index contributed by atoms with van der Waals surface area (Å²) in [6.07, 6.45) is 0. The van der Waals surface area contributed by atoms with E-state index in [-0.39, 0.29) is 17.0 Å². The number of aromatic hydroxyl groups is 1. The molecule has 0 bridgehead atoms. The Morgan fingerprint density at radius 3 is 2.33 bits per heavy atom. The molecule has 0 fully saturated rings. The third kappa shape index (κ3) is 1.67. The van der Waals surface area contributed by atoms with Gasteiger partial charge in [0.05, 0.1) is 0 Å². The first-order valence-corrected chi connectivity index (χ1v) is 3.87. The van der Waals surface area contributed by atoms with Gasteiger partial charge in [0, 0.05) is 11.1 Å². The molecule has 1 heterocycles. The van der Waals surface area contributed by atoms with E-state index < -0.39 is 0 Å². The summed E-state index contributed by atoms with van der Waals surface area (Å²) in [5.74, 6) is 0.241. The summed E-state index contributed by atoms with van der Waals surface area (Å²) in [7, 11) is 0. The Labute approximate surface area is 72.2 Å². The zero-order valence-corrected chi connectivity index (χ0v) is 7.63. The highest BCUT2D eigenvalue weighted by atomic mass is 16.3. The second-order valence-corrected chi connectivity index (χ2v) is 3.85. The number of anilines is 1. The Hall–Kier alpha value is -1.25. The van der Waals surface area contributed by atoms with Crippen LogP contribution in [0.3, 0.4) is 0 Å². The van der Waals surface area contributed by atoms with Crippen LogP contribution in [0, 0.1) is 0 Å². The number of rotatable bonds is 0. The number of pyridine rings is 1. The van der Waals surface area contributed by atoms with Crippen molar-refractivity contribution in [1.29, 1.82) is 0 Å².